The van der Waals surface area contributed by atoms with E-state index in [0.29, 0.717) is 0 Å². The number of anilines is 1. The number of pyridine rings is 1. The highest BCUT2D eigenvalue weighted by molar-refractivity contribution is 7.92. The number of benzene rings is 1. The molecule has 0 amide bonds. The molecule has 0 fully saturated rings. The van der Waals surface area contributed by atoms with Crippen LogP contribution in [0.3, 0.4) is 0 Å². The lowest BCUT2D eigenvalue weighted by molar-refractivity contribution is 0.598. The van der Waals surface area contributed by atoms with Crippen LogP contribution in [0, 0.1) is 18.6 Å². The molecule has 0 atom stereocenters. The molecular formula is C12H10F2N2O2S. The molecular weight excluding hydrogens is 274 g/mol. The van der Waals surface area contributed by atoms with Crippen LogP contribution < -0.4 is 4.72 Å². The first kappa shape index (κ1) is 13.4. The summed E-state index contributed by atoms with van der Waals surface area (Å²) < 4.78 is 52.2. The van der Waals surface area contributed by atoms with E-state index < -0.39 is 21.7 Å². The van der Waals surface area contributed by atoms with Gasteiger partial charge in [0.05, 0.1) is 23.0 Å². The second kappa shape index (κ2) is 4.93. The molecule has 100 valence electrons. The predicted molar refractivity (Wildman–Crippen MR) is 66.1 cm³/mol. The number of hydrogen-bond acceptors (Lipinski definition) is 3. The molecule has 2 aromatic rings. The lowest BCUT2D eigenvalue weighted by Gasteiger charge is -2.10. The Balaban J connectivity index is 2.38. The molecule has 19 heavy (non-hydrogen) atoms. The molecule has 1 heterocycles. The van der Waals surface area contributed by atoms with E-state index in [4.69, 9.17) is 0 Å². The van der Waals surface area contributed by atoms with Crippen LogP contribution in [0.15, 0.2) is 41.6 Å². The van der Waals surface area contributed by atoms with Crippen molar-refractivity contribution in [1.82, 2.24) is 4.98 Å². The van der Waals surface area contributed by atoms with Crippen LogP contribution in [0.2, 0.25) is 0 Å². The van der Waals surface area contributed by atoms with Gasteiger partial charge in [-0.1, -0.05) is 0 Å². The first-order valence-electron chi connectivity index (χ1n) is 5.28. The fourth-order valence-corrected chi connectivity index (χ4v) is 2.85. The van der Waals surface area contributed by atoms with Gasteiger partial charge in [0.15, 0.2) is 0 Å². The molecule has 0 unspecified atom stereocenters. The zero-order valence-corrected chi connectivity index (χ0v) is 10.7. The highest BCUT2D eigenvalue weighted by Gasteiger charge is 2.17. The van der Waals surface area contributed by atoms with Crippen molar-refractivity contribution in [3.05, 3.63) is 53.9 Å². The molecule has 1 N–H and O–H groups in total. The molecule has 0 spiro atoms. The summed E-state index contributed by atoms with van der Waals surface area (Å²) in [7, 11) is -3.90. The summed E-state index contributed by atoms with van der Waals surface area (Å²) in [5, 5.41) is 0. The maximum Gasteiger partial charge on any atom is 0.262 e. The van der Waals surface area contributed by atoms with Crippen molar-refractivity contribution in [3.63, 3.8) is 0 Å². The molecule has 1 aromatic carbocycles. The van der Waals surface area contributed by atoms with Gasteiger partial charge in [0.2, 0.25) is 0 Å². The molecule has 1 aromatic heterocycles. The minimum absolute atomic E-state index is 0.00345. The number of nitrogens with one attached hydrogen (secondary N) is 1. The summed E-state index contributed by atoms with van der Waals surface area (Å²) in [6.07, 6.45) is 2.14. The van der Waals surface area contributed by atoms with Gasteiger partial charge in [-0.15, -0.1) is 0 Å². The van der Waals surface area contributed by atoms with Crippen LogP contribution in [0.25, 0.3) is 0 Å². The van der Waals surface area contributed by atoms with E-state index >= 15 is 0 Å². The number of aromatic nitrogens is 1. The van der Waals surface area contributed by atoms with Gasteiger partial charge in [-0.05, 0) is 30.7 Å². The number of nitrogens with zero attached hydrogens (tertiary/aromatic N) is 1. The van der Waals surface area contributed by atoms with Gasteiger partial charge in [-0.3, -0.25) is 9.71 Å². The van der Waals surface area contributed by atoms with E-state index in [1.54, 1.807) is 0 Å². The van der Waals surface area contributed by atoms with Gasteiger partial charge in [-0.2, -0.15) is 0 Å². The smallest absolute Gasteiger partial charge is 0.262 e. The molecule has 2 rings (SSSR count). The van der Waals surface area contributed by atoms with Gasteiger partial charge in [0, 0.05) is 6.07 Å². The van der Waals surface area contributed by atoms with Crippen LogP contribution in [-0.4, -0.2) is 13.4 Å². The normalized spacial score (nSPS) is 11.3. The Labute approximate surface area is 109 Å². The van der Waals surface area contributed by atoms with Crippen molar-refractivity contribution < 1.29 is 17.2 Å². The minimum Gasteiger partial charge on any atom is -0.278 e. The van der Waals surface area contributed by atoms with Crippen molar-refractivity contribution in [2.24, 2.45) is 0 Å². The Morgan fingerprint density at radius 2 is 1.84 bits per heavy atom. The quantitative estimate of drug-likeness (QED) is 0.942. The van der Waals surface area contributed by atoms with E-state index in [0.717, 1.165) is 30.5 Å². The lowest BCUT2D eigenvalue weighted by atomic mass is 10.2. The molecule has 0 saturated heterocycles. The molecule has 0 aliphatic rings. The van der Waals surface area contributed by atoms with Crippen LogP contribution >= 0.6 is 0 Å². The lowest BCUT2D eigenvalue weighted by Crippen LogP contribution is -2.14. The maximum absolute atomic E-state index is 12.9. The predicted octanol–water partition coefficient (Wildman–Crippen LogP) is 2.47. The molecule has 0 aliphatic heterocycles. The van der Waals surface area contributed by atoms with Crippen LogP contribution in [-0.2, 0) is 10.0 Å². The average molecular weight is 284 g/mol. The van der Waals surface area contributed by atoms with E-state index in [2.05, 4.69) is 9.71 Å². The number of aryl methyl sites for hydroxylation is 1. The summed E-state index contributed by atoms with van der Waals surface area (Å²) in [6.45, 7) is 1.47. The first-order valence-corrected chi connectivity index (χ1v) is 6.76. The number of sulfonamides is 1. The average Bonchev–Trinajstić information content (AvgIpc) is 2.27. The van der Waals surface area contributed by atoms with Crippen LogP contribution in [0.1, 0.15) is 5.56 Å². The summed E-state index contributed by atoms with van der Waals surface area (Å²) in [5.41, 5.74) is 0.264. The van der Waals surface area contributed by atoms with Crippen molar-refractivity contribution >= 4 is 15.7 Å². The minimum atomic E-state index is -3.90. The van der Waals surface area contributed by atoms with E-state index in [9.17, 15) is 17.2 Å². The standard InChI is InChI=1S/C12H10F2N2O2S/c1-8-4-9(13)2-3-12(8)19(17,18)16-11-5-10(14)6-15-7-11/h2-7,16H,1H3. The molecule has 4 nitrogen and oxygen atoms in total. The Bertz CT molecular complexity index is 717. The Kier molecular flexibility index (Phi) is 3.48. The fourth-order valence-electron chi connectivity index (χ4n) is 1.59. The summed E-state index contributed by atoms with van der Waals surface area (Å²) in [4.78, 5) is 3.47. The Hall–Kier alpha value is -2.02. The summed E-state index contributed by atoms with van der Waals surface area (Å²) in [5.74, 6) is -1.18. The van der Waals surface area contributed by atoms with Gasteiger partial charge in [0.25, 0.3) is 10.0 Å². The zero-order chi connectivity index (χ0) is 14.0. The highest BCUT2D eigenvalue weighted by Crippen LogP contribution is 2.19. The monoisotopic (exact) mass is 284 g/mol. The SMILES string of the molecule is Cc1cc(F)ccc1S(=O)(=O)Nc1cncc(F)c1. The third kappa shape index (κ3) is 3.05. The van der Waals surface area contributed by atoms with Gasteiger partial charge in [-0.25, -0.2) is 17.2 Å². The highest BCUT2D eigenvalue weighted by atomic mass is 32.2. The number of halogens is 2. The van der Waals surface area contributed by atoms with Gasteiger partial charge in [0.1, 0.15) is 11.6 Å². The largest absolute Gasteiger partial charge is 0.278 e. The van der Waals surface area contributed by atoms with E-state index in [1.807, 2.05) is 0 Å². The van der Waals surface area contributed by atoms with Gasteiger partial charge >= 0.3 is 0 Å². The van der Waals surface area contributed by atoms with Crippen molar-refractivity contribution in [3.8, 4) is 0 Å². The summed E-state index contributed by atoms with van der Waals surface area (Å²) >= 11 is 0. The van der Waals surface area contributed by atoms with E-state index in [1.165, 1.54) is 13.1 Å². The third-order valence-corrected chi connectivity index (χ3v) is 3.93. The Morgan fingerprint density at radius 1 is 1.11 bits per heavy atom. The van der Waals surface area contributed by atoms with Crippen LogP contribution in [0.4, 0.5) is 14.5 Å². The molecule has 0 saturated carbocycles. The molecule has 0 aliphatic carbocycles. The van der Waals surface area contributed by atoms with Crippen molar-refractivity contribution in [2.75, 3.05) is 4.72 Å². The second-order valence-electron chi connectivity index (χ2n) is 3.91. The van der Waals surface area contributed by atoms with E-state index in [-0.39, 0.29) is 16.1 Å². The molecule has 0 bridgehead atoms. The topological polar surface area (TPSA) is 59.1 Å². The first-order chi connectivity index (χ1) is 8.88. The maximum atomic E-state index is 12.9. The second-order valence-corrected chi connectivity index (χ2v) is 5.56. The Morgan fingerprint density at radius 3 is 2.47 bits per heavy atom. The van der Waals surface area contributed by atoms with Gasteiger partial charge < -0.3 is 0 Å². The third-order valence-electron chi connectivity index (χ3n) is 2.38. The van der Waals surface area contributed by atoms with Crippen LogP contribution in [0.5, 0.6) is 0 Å². The molecule has 7 heteroatoms. The van der Waals surface area contributed by atoms with Crippen molar-refractivity contribution in [2.45, 2.75) is 11.8 Å². The fraction of sp³-hybridized carbons (Fsp3) is 0.0833. The number of hydrogen-bond donors (Lipinski definition) is 1. The summed E-state index contributed by atoms with van der Waals surface area (Å²) in [6, 6.07) is 4.31. The van der Waals surface area contributed by atoms with Crippen molar-refractivity contribution in [1.29, 1.82) is 0 Å². The number of rotatable bonds is 3. The molecule has 0 radical (unpaired) electrons. The zero-order valence-electron chi connectivity index (χ0n) is 9.89.